The highest BCUT2D eigenvalue weighted by Crippen LogP contribution is 2.13. The number of carbonyl (C=O) groups is 1. The molecule has 1 aliphatic rings. The normalized spacial score (nSPS) is 13.0. The lowest BCUT2D eigenvalue weighted by Crippen LogP contribution is -2.38. The molecule has 2 aromatic rings. The zero-order chi connectivity index (χ0) is 15.5. The Morgan fingerprint density at radius 2 is 1.86 bits per heavy atom. The molecule has 6 nitrogen and oxygen atoms in total. The molecule has 22 heavy (non-hydrogen) atoms. The van der Waals surface area contributed by atoms with Gasteiger partial charge in [0.2, 0.25) is 6.21 Å². The Morgan fingerprint density at radius 3 is 2.59 bits per heavy atom. The number of hydrogen-bond donors (Lipinski definition) is 1. The topological polar surface area (TPSA) is 75.2 Å². The molecule has 0 unspecified atom stereocenters. The number of rotatable bonds is 3. The number of nitrogens with one attached hydrogen (secondary N) is 1. The largest absolute Gasteiger partial charge is 0.304 e. The van der Waals surface area contributed by atoms with E-state index in [2.05, 4.69) is 11.5 Å². The van der Waals surface area contributed by atoms with Gasteiger partial charge in [0, 0.05) is 29.7 Å². The van der Waals surface area contributed by atoms with Crippen LogP contribution in [0.3, 0.4) is 0 Å². The summed E-state index contributed by atoms with van der Waals surface area (Å²) in [5.41, 5.74) is 5.48. The fourth-order valence-electron chi connectivity index (χ4n) is 2.38. The number of non-ortho nitro benzene ring substituents is 1. The summed E-state index contributed by atoms with van der Waals surface area (Å²) in [6.45, 7) is 0.690. The quantitative estimate of drug-likeness (QED) is 0.534. The molecule has 0 aliphatic carbocycles. The van der Waals surface area contributed by atoms with Crippen LogP contribution in [-0.4, -0.2) is 28.3 Å². The molecule has 0 saturated carbocycles. The molecule has 110 valence electrons. The molecule has 6 heteroatoms. The maximum atomic E-state index is 12.2. The van der Waals surface area contributed by atoms with Crippen LogP contribution >= 0.6 is 0 Å². The van der Waals surface area contributed by atoms with Crippen molar-refractivity contribution in [1.82, 2.24) is 5.43 Å². The van der Waals surface area contributed by atoms with E-state index in [9.17, 15) is 14.9 Å². The summed E-state index contributed by atoms with van der Waals surface area (Å²) in [5, 5.41) is 10.6. The summed E-state index contributed by atoms with van der Waals surface area (Å²) in [7, 11) is 0. The average Bonchev–Trinajstić information content (AvgIpc) is 2.55. The number of nitrogens with zero attached hydrogens (tertiary/aromatic N) is 2. The van der Waals surface area contributed by atoms with Gasteiger partial charge in [0.15, 0.2) is 6.54 Å². The Morgan fingerprint density at radius 1 is 1.14 bits per heavy atom. The summed E-state index contributed by atoms with van der Waals surface area (Å²) in [6, 6.07) is 13.6. The average molecular weight is 296 g/mol. The highest BCUT2D eigenvalue weighted by atomic mass is 16.6. The van der Waals surface area contributed by atoms with Crippen molar-refractivity contribution in [2.24, 2.45) is 0 Å². The molecule has 0 saturated heterocycles. The maximum Gasteiger partial charge on any atom is 0.304 e. The van der Waals surface area contributed by atoms with Crippen LogP contribution in [0, 0.1) is 10.1 Å². The Kier molecular flexibility index (Phi) is 3.65. The number of fused-ring (bicyclic) bond motifs is 1. The molecule has 2 aromatic carbocycles. The van der Waals surface area contributed by atoms with Gasteiger partial charge < -0.3 is 0 Å². The molecule has 1 N–H and O–H groups in total. The number of hydrazine groups is 1. The minimum atomic E-state index is -0.489. The maximum absolute atomic E-state index is 12.2. The molecule has 0 bridgehead atoms. The number of carbonyl (C=O) groups excluding carboxylic acids is 1. The van der Waals surface area contributed by atoms with E-state index in [1.165, 1.54) is 29.8 Å². The van der Waals surface area contributed by atoms with Gasteiger partial charge >= 0.3 is 5.91 Å². The first-order valence-electron chi connectivity index (χ1n) is 6.88. The van der Waals surface area contributed by atoms with Gasteiger partial charge in [-0.25, -0.2) is 0 Å². The fourth-order valence-corrected chi connectivity index (χ4v) is 2.38. The fraction of sp³-hybridized carbons (Fsp3) is 0.125. The molecule has 1 heterocycles. The van der Waals surface area contributed by atoms with Crippen molar-refractivity contribution in [2.45, 2.75) is 6.42 Å². The number of amides is 1. The van der Waals surface area contributed by atoms with Crippen molar-refractivity contribution in [2.75, 3.05) is 6.54 Å². The lowest BCUT2D eigenvalue weighted by Gasteiger charge is -2.11. The molecule has 0 aromatic heterocycles. The summed E-state index contributed by atoms with van der Waals surface area (Å²) < 4.78 is 1.74. The Bertz CT molecular complexity index is 766. The van der Waals surface area contributed by atoms with E-state index in [0.717, 1.165) is 12.0 Å². The third-order valence-electron chi connectivity index (χ3n) is 3.56. The van der Waals surface area contributed by atoms with Crippen molar-refractivity contribution in [1.29, 1.82) is 0 Å². The number of nitro benzene ring substituents is 1. The predicted octanol–water partition coefficient (Wildman–Crippen LogP) is 1.93. The zero-order valence-corrected chi connectivity index (χ0v) is 11.7. The standard InChI is InChI=1S/C16H13N3O3/c20-16(13-5-7-15(8-6-13)19(21)22)17-18-10-9-12-3-1-2-4-14(12)11-18/h1-8,11H,9-10H2/p+1. The van der Waals surface area contributed by atoms with Crippen LogP contribution in [0.15, 0.2) is 48.5 Å². The Hall–Kier alpha value is -3.02. The molecule has 0 spiro atoms. The third-order valence-corrected chi connectivity index (χ3v) is 3.56. The number of hydrazone groups is 1. The van der Waals surface area contributed by atoms with E-state index in [4.69, 9.17) is 0 Å². The minimum Gasteiger partial charge on any atom is -0.264 e. The first kappa shape index (κ1) is 13.9. The third kappa shape index (κ3) is 2.85. The van der Waals surface area contributed by atoms with Crippen molar-refractivity contribution in [3.05, 3.63) is 75.3 Å². The zero-order valence-electron chi connectivity index (χ0n) is 11.7. The van der Waals surface area contributed by atoms with E-state index in [0.29, 0.717) is 12.1 Å². The molecule has 1 amide bonds. The predicted molar refractivity (Wildman–Crippen MR) is 81.0 cm³/mol. The molecule has 0 radical (unpaired) electrons. The highest BCUT2D eigenvalue weighted by molar-refractivity contribution is 5.93. The van der Waals surface area contributed by atoms with Gasteiger partial charge in [-0.3, -0.25) is 14.9 Å². The van der Waals surface area contributed by atoms with E-state index >= 15 is 0 Å². The van der Waals surface area contributed by atoms with Crippen molar-refractivity contribution >= 4 is 17.8 Å². The van der Waals surface area contributed by atoms with Crippen LogP contribution in [0.5, 0.6) is 0 Å². The SMILES string of the molecule is O=C(N[N+]1=Cc2ccccc2CC1)c1ccc([N+](=O)[O-])cc1. The van der Waals surface area contributed by atoms with Crippen LogP contribution < -0.4 is 5.43 Å². The lowest BCUT2D eigenvalue weighted by atomic mass is 10.0. The van der Waals surface area contributed by atoms with Crippen LogP contribution in [0.2, 0.25) is 0 Å². The van der Waals surface area contributed by atoms with Gasteiger partial charge in [0.05, 0.1) is 4.92 Å². The van der Waals surface area contributed by atoms with E-state index in [-0.39, 0.29) is 11.6 Å². The van der Waals surface area contributed by atoms with Crippen LogP contribution in [0.25, 0.3) is 0 Å². The van der Waals surface area contributed by atoms with Gasteiger partial charge in [-0.1, -0.05) is 18.2 Å². The number of benzene rings is 2. The van der Waals surface area contributed by atoms with Crippen molar-refractivity contribution in [3.8, 4) is 0 Å². The molecular weight excluding hydrogens is 282 g/mol. The monoisotopic (exact) mass is 296 g/mol. The second-order valence-electron chi connectivity index (χ2n) is 5.02. The van der Waals surface area contributed by atoms with Crippen molar-refractivity contribution in [3.63, 3.8) is 0 Å². The molecule has 0 atom stereocenters. The highest BCUT2D eigenvalue weighted by Gasteiger charge is 2.19. The first-order valence-corrected chi connectivity index (χ1v) is 6.88. The summed E-state index contributed by atoms with van der Waals surface area (Å²) >= 11 is 0. The van der Waals surface area contributed by atoms with Gasteiger partial charge in [-0.15, -0.1) is 10.1 Å². The van der Waals surface area contributed by atoms with Gasteiger partial charge in [-0.2, -0.15) is 0 Å². The Balaban J connectivity index is 1.75. The van der Waals surface area contributed by atoms with Gasteiger partial charge in [0.25, 0.3) is 5.69 Å². The summed E-state index contributed by atoms with van der Waals surface area (Å²) in [6.07, 6.45) is 2.75. The number of hydrogen-bond acceptors (Lipinski definition) is 3. The molecular formula is C16H14N3O3+. The van der Waals surface area contributed by atoms with E-state index < -0.39 is 4.92 Å². The first-order chi connectivity index (χ1) is 10.6. The van der Waals surface area contributed by atoms with Crippen molar-refractivity contribution < 1.29 is 14.4 Å². The smallest absolute Gasteiger partial charge is 0.264 e. The minimum absolute atomic E-state index is 0.0324. The lowest BCUT2D eigenvalue weighted by molar-refractivity contribution is -0.568. The second kappa shape index (κ2) is 5.77. The van der Waals surface area contributed by atoms with Crippen LogP contribution in [0.1, 0.15) is 21.5 Å². The Labute approximate surface area is 126 Å². The number of nitro groups is 1. The van der Waals surface area contributed by atoms with Gasteiger partial charge in [0.1, 0.15) is 0 Å². The summed E-state index contributed by atoms with van der Waals surface area (Å²) in [4.78, 5) is 22.3. The van der Waals surface area contributed by atoms with Gasteiger partial charge in [-0.05, 0) is 23.8 Å². The molecule has 3 rings (SSSR count). The van der Waals surface area contributed by atoms with Crippen LogP contribution in [0.4, 0.5) is 5.69 Å². The second-order valence-corrected chi connectivity index (χ2v) is 5.02. The summed E-state index contributed by atoms with van der Waals surface area (Å²) in [5.74, 6) is -0.287. The van der Waals surface area contributed by atoms with Crippen LogP contribution in [-0.2, 0) is 6.42 Å². The van der Waals surface area contributed by atoms with E-state index in [1.807, 2.05) is 24.4 Å². The molecule has 0 fully saturated rings. The molecule has 1 aliphatic heterocycles. The van der Waals surface area contributed by atoms with E-state index in [1.54, 1.807) is 4.68 Å².